The lowest BCUT2D eigenvalue weighted by atomic mass is 9.97. The largest absolute Gasteiger partial charge is 0.466 e. The van der Waals surface area contributed by atoms with Gasteiger partial charge < -0.3 is 14.5 Å². The summed E-state index contributed by atoms with van der Waals surface area (Å²) in [5, 5.41) is 0. The average molecular weight is 499 g/mol. The number of benzene rings is 3. The van der Waals surface area contributed by atoms with Crippen molar-refractivity contribution in [1.82, 2.24) is 4.90 Å². The van der Waals surface area contributed by atoms with Gasteiger partial charge in [0.1, 0.15) is 0 Å². The quantitative estimate of drug-likeness (QED) is 0.401. The first-order chi connectivity index (χ1) is 18.0. The van der Waals surface area contributed by atoms with Crippen LogP contribution in [0.3, 0.4) is 0 Å². The number of carbonyl (C=O) groups excluding carboxylic acids is 3. The Balaban J connectivity index is 1.55. The molecule has 1 heterocycles. The number of rotatable bonds is 8. The zero-order valence-corrected chi connectivity index (χ0v) is 21.6. The number of nitrogens with zero attached hydrogens (tertiary/aromatic N) is 2. The minimum atomic E-state index is -0.267. The van der Waals surface area contributed by atoms with E-state index in [0.717, 1.165) is 35.2 Å². The fourth-order valence-corrected chi connectivity index (χ4v) is 4.78. The van der Waals surface area contributed by atoms with Crippen molar-refractivity contribution in [3.8, 4) is 0 Å². The topological polar surface area (TPSA) is 66.9 Å². The fraction of sp³-hybridized carbons (Fsp3) is 0.323. The van der Waals surface area contributed by atoms with Crippen LogP contribution in [-0.2, 0) is 27.3 Å². The van der Waals surface area contributed by atoms with Crippen LogP contribution in [0.2, 0.25) is 0 Å². The molecule has 0 bridgehead atoms. The SMILES string of the molecule is CCOC(=O)[C@@H]1CCCN(C(=O)Cc2cccc(N(Cc3ccccc3)C(=O)c3ccccc3C)c2)C1. The molecule has 3 aromatic carbocycles. The number of aryl methyl sites for hydroxylation is 1. The van der Waals surface area contributed by atoms with E-state index < -0.39 is 0 Å². The van der Waals surface area contributed by atoms with E-state index in [9.17, 15) is 14.4 Å². The molecular formula is C31H34N2O4. The maximum atomic E-state index is 13.7. The van der Waals surface area contributed by atoms with E-state index in [-0.39, 0.29) is 30.1 Å². The van der Waals surface area contributed by atoms with Gasteiger partial charge in [0.25, 0.3) is 5.91 Å². The van der Waals surface area contributed by atoms with Gasteiger partial charge in [-0.3, -0.25) is 14.4 Å². The summed E-state index contributed by atoms with van der Waals surface area (Å²) >= 11 is 0. The lowest BCUT2D eigenvalue weighted by Crippen LogP contribution is -2.43. The lowest BCUT2D eigenvalue weighted by Gasteiger charge is -2.31. The van der Waals surface area contributed by atoms with Gasteiger partial charge in [0, 0.05) is 24.3 Å². The maximum Gasteiger partial charge on any atom is 0.310 e. The summed E-state index contributed by atoms with van der Waals surface area (Å²) in [7, 11) is 0. The van der Waals surface area contributed by atoms with Gasteiger partial charge in [0.2, 0.25) is 5.91 Å². The molecule has 1 saturated heterocycles. The highest BCUT2D eigenvalue weighted by molar-refractivity contribution is 6.07. The molecule has 0 aromatic heterocycles. The molecule has 0 aliphatic carbocycles. The second kappa shape index (κ2) is 12.3. The third kappa shape index (κ3) is 6.64. The van der Waals surface area contributed by atoms with Gasteiger partial charge in [0.15, 0.2) is 0 Å². The van der Waals surface area contributed by atoms with E-state index >= 15 is 0 Å². The first-order valence-electron chi connectivity index (χ1n) is 12.9. The Morgan fingerprint density at radius 2 is 1.68 bits per heavy atom. The van der Waals surface area contributed by atoms with Crippen LogP contribution in [0.1, 0.15) is 46.8 Å². The Morgan fingerprint density at radius 3 is 2.43 bits per heavy atom. The molecule has 0 radical (unpaired) electrons. The predicted molar refractivity (Wildman–Crippen MR) is 144 cm³/mol. The van der Waals surface area contributed by atoms with Gasteiger partial charge in [0.05, 0.1) is 25.5 Å². The van der Waals surface area contributed by atoms with Crippen molar-refractivity contribution in [1.29, 1.82) is 0 Å². The number of ether oxygens (including phenoxy) is 1. The van der Waals surface area contributed by atoms with Crippen LogP contribution in [0.15, 0.2) is 78.9 Å². The smallest absolute Gasteiger partial charge is 0.310 e. The predicted octanol–water partition coefficient (Wildman–Crippen LogP) is 5.19. The van der Waals surface area contributed by atoms with Crippen molar-refractivity contribution >= 4 is 23.5 Å². The van der Waals surface area contributed by atoms with Crippen molar-refractivity contribution in [2.45, 2.75) is 39.7 Å². The second-order valence-corrected chi connectivity index (χ2v) is 9.47. The van der Waals surface area contributed by atoms with Crippen LogP contribution in [0, 0.1) is 12.8 Å². The third-order valence-corrected chi connectivity index (χ3v) is 6.78. The zero-order valence-electron chi connectivity index (χ0n) is 21.6. The van der Waals surface area contributed by atoms with Gasteiger partial charge in [-0.05, 0) is 61.6 Å². The van der Waals surface area contributed by atoms with Crippen molar-refractivity contribution in [3.05, 3.63) is 101 Å². The highest BCUT2D eigenvalue weighted by atomic mass is 16.5. The van der Waals surface area contributed by atoms with E-state index in [4.69, 9.17) is 4.74 Å². The van der Waals surface area contributed by atoms with Crippen LogP contribution in [0.4, 0.5) is 5.69 Å². The standard InChI is InChI=1S/C31H34N2O4/c1-3-37-31(36)26-15-10-18-32(22-26)29(34)20-25-14-9-16-27(19-25)33(21-24-12-5-4-6-13-24)30(35)28-17-8-7-11-23(28)2/h4-9,11-14,16-17,19,26H,3,10,15,18,20-22H2,1-2H3/t26-/m1/s1. The van der Waals surface area contributed by atoms with Gasteiger partial charge >= 0.3 is 5.97 Å². The molecule has 6 heteroatoms. The number of carbonyl (C=O) groups is 3. The molecular weight excluding hydrogens is 464 g/mol. The Kier molecular flexibility index (Phi) is 8.72. The van der Waals surface area contributed by atoms with Gasteiger partial charge in [-0.2, -0.15) is 0 Å². The number of amides is 2. The molecule has 0 saturated carbocycles. The molecule has 6 nitrogen and oxygen atoms in total. The minimum Gasteiger partial charge on any atom is -0.466 e. The summed E-state index contributed by atoms with van der Waals surface area (Å²) in [6, 6.07) is 25.1. The highest BCUT2D eigenvalue weighted by Gasteiger charge is 2.29. The Hall–Kier alpha value is -3.93. The number of hydrogen-bond donors (Lipinski definition) is 0. The molecule has 2 amide bonds. The van der Waals surface area contributed by atoms with Gasteiger partial charge in [-0.15, -0.1) is 0 Å². The summed E-state index contributed by atoms with van der Waals surface area (Å²) in [5.74, 6) is -0.602. The highest BCUT2D eigenvalue weighted by Crippen LogP contribution is 2.24. The lowest BCUT2D eigenvalue weighted by molar-refractivity contribution is -0.151. The number of likely N-dealkylation sites (tertiary alicyclic amines) is 1. The van der Waals surface area contributed by atoms with E-state index in [0.29, 0.717) is 31.8 Å². The third-order valence-electron chi connectivity index (χ3n) is 6.78. The molecule has 192 valence electrons. The van der Waals surface area contributed by atoms with Crippen LogP contribution in [0.25, 0.3) is 0 Å². The first kappa shape index (κ1) is 26.1. The molecule has 37 heavy (non-hydrogen) atoms. The van der Waals surface area contributed by atoms with Gasteiger partial charge in [-0.25, -0.2) is 0 Å². The fourth-order valence-electron chi connectivity index (χ4n) is 4.78. The van der Waals surface area contributed by atoms with Crippen molar-refractivity contribution in [3.63, 3.8) is 0 Å². The van der Waals surface area contributed by atoms with E-state index in [1.54, 1.807) is 16.7 Å². The van der Waals surface area contributed by atoms with Gasteiger partial charge in [-0.1, -0.05) is 60.7 Å². The molecule has 3 aromatic rings. The second-order valence-electron chi connectivity index (χ2n) is 9.47. The van der Waals surface area contributed by atoms with Crippen LogP contribution >= 0.6 is 0 Å². The number of anilines is 1. The zero-order chi connectivity index (χ0) is 26.2. The Morgan fingerprint density at radius 1 is 0.946 bits per heavy atom. The molecule has 0 N–H and O–H groups in total. The Bertz CT molecular complexity index is 1240. The van der Waals surface area contributed by atoms with E-state index in [1.165, 1.54) is 0 Å². The normalized spacial score (nSPS) is 15.2. The monoisotopic (exact) mass is 498 g/mol. The average Bonchev–Trinajstić information content (AvgIpc) is 2.92. The van der Waals surface area contributed by atoms with Crippen LogP contribution < -0.4 is 4.90 Å². The summed E-state index contributed by atoms with van der Waals surface area (Å²) in [6.45, 7) is 5.52. The minimum absolute atomic E-state index is 0.0222. The summed E-state index contributed by atoms with van der Waals surface area (Å²) in [6.07, 6.45) is 1.74. The number of hydrogen-bond acceptors (Lipinski definition) is 4. The molecule has 1 fully saturated rings. The van der Waals surface area contributed by atoms with E-state index in [2.05, 4.69) is 0 Å². The first-order valence-corrected chi connectivity index (χ1v) is 12.9. The van der Waals surface area contributed by atoms with Crippen molar-refractivity contribution in [2.75, 3.05) is 24.6 Å². The molecule has 4 rings (SSSR count). The van der Waals surface area contributed by atoms with Crippen molar-refractivity contribution < 1.29 is 19.1 Å². The van der Waals surface area contributed by atoms with Crippen LogP contribution in [-0.4, -0.2) is 42.4 Å². The summed E-state index contributed by atoms with van der Waals surface area (Å²) in [4.78, 5) is 42.6. The summed E-state index contributed by atoms with van der Waals surface area (Å²) < 4.78 is 5.17. The number of piperidine rings is 1. The maximum absolute atomic E-state index is 13.7. The Labute approximate surface area is 218 Å². The molecule has 0 unspecified atom stereocenters. The molecule has 1 aliphatic rings. The van der Waals surface area contributed by atoms with E-state index in [1.807, 2.05) is 85.8 Å². The van der Waals surface area contributed by atoms with Crippen LogP contribution in [0.5, 0.6) is 0 Å². The molecule has 1 aliphatic heterocycles. The van der Waals surface area contributed by atoms with Crippen molar-refractivity contribution in [2.24, 2.45) is 5.92 Å². The number of esters is 1. The molecule has 0 spiro atoms. The molecule has 1 atom stereocenters. The summed E-state index contributed by atoms with van der Waals surface area (Å²) in [5.41, 5.74) is 4.16.